The largest absolute Gasteiger partial charge is 0.457 e. The monoisotopic (exact) mass is 511 g/mol. The van der Waals surface area contributed by atoms with Gasteiger partial charge in [-0.15, -0.1) is 0 Å². The number of hydrogen-bond donors (Lipinski definition) is 0. The number of carbonyl (C=O) groups is 3. The molecular weight excluding hydrogens is 485 g/mol. The molecule has 0 radical (unpaired) electrons. The van der Waals surface area contributed by atoms with Crippen molar-refractivity contribution in [1.82, 2.24) is 4.98 Å². The first-order valence-electron chi connectivity index (χ1n) is 12.4. The number of hydrogen-bond acceptors (Lipinski definition) is 6. The number of halogens is 1. The molecule has 1 aliphatic carbocycles. The molecule has 38 heavy (non-hydrogen) atoms. The Kier molecular flexibility index (Phi) is 7.11. The summed E-state index contributed by atoms with van der Waals surface area (Å²) in [4.78, 5) is 42.5. The fourth-order valence-corrected chi connectivity index (χ4v) is 4.55. The van der Waals surface area contributed by atoms with Crippen molar-refractivity contribution in [2.24, 2.45) is 5.41 Å². The van der Waals surface area contributed by atoms with Crippen molar-refractivity contribution < 1.29 is 28.2 Å². The Morgan fingerprint density at radius 3 is 2.11 bits per heavy atom. The molecule has 6 nitrogen and oxygen atoms in total. The number of ether oxygens (including phenoxy) is 2. The van der Waals surface area contributed by atoms with Crippen LogP contribution in [0.5, 0.6) is 11.5 Å². The molecule has 192 valence electrons. The van der Waals surface area contributed by atoms with E-state index in [1.54, 1.807) is 54.7 Å². The summed E-state index contributed by atoms with van der Waals surface area (Å²) in [6, 6.07) is 20.0. The van der Waals surface area contributed by atoms with E-state index < -0.39 is 5.41 Å². The quantitative estimate of drug-likeness (QED) is 0.190. The second-order valence-electron chi connectivity index (χ2n) is 9.55. The summed E-state index contributed by atoms with van der Waals surface area (Å²) < 4.78 is 24.2. The summed E-state index contributed by atoms with van der Waals surface area (Å²) in [5, 5.41) is 0.760. The Morgan fingerprint density at radius 1 is 0.868 bits per heavy atom. The van der Waals surface area contributed by atoms with Gasteiger partial charge in [-0.3, -0.25) is 19.4 Å². The minimum absolute atomic E-state index is 0.0000797. The predicted molar refractivity (Wildman–Crippen MR) is 140 cm³/mol. The Balaban J connectivity index is 1.24. The molecule has 0 atom stereocenters. The van der Waals surface area contributed by atoms with Gasteiger partial charge in [-0.05, 0) is 66.4 Å². The maximum Gasteiger partial charge on any atom is 0.188 e. The van der Waals surface area contributed by atoms with Gasteiger partial charge in [0, 0.05) is 37.1 Å². The number of methoxy groups -OCH3 is 1. The first kappa shape index (κ1) is 25.4. The van der Waals surface area contributed by atoms with Crippen molar-refractivity contribution in [3.8, 4) is 11.5 Å². The molecule has 3 aromatic carbocycles. The normalized spacial score (nSPS) is 13.7. The van der Waals surface area contributed by atoms with Crippen LogP contribution in [-0.4, -0.2) is 36.1 Å². The van der Waals surface area contributed by atoms with Gasteiger partial charge in [0.25, 0.3) is 0 Å². The molecule has 4 aromatic rings. The summed E-state index contributed by atoms with van der Waals surface area (Å²) in [7, 11) is 1.48. The highest BCUT2D eigenvalue weighted by Crippen LogP contribution is 2.48. The first-order valence-corrected chi connectivity index (χ1v) is 12.4. The number of ketones is 3. The second-order valence-corrected chi connectivity index (χ2v) is 9.55. The maximum atomic E-state index is 13.2. The van der Waals surface area contributed by atoms with Gasteiger partial charge in [0.2, 0.25) is 0 Å². The number of benzene rings is 3. The molecule has 0 N–H and O–H groups in total. The minimum Gasteiger partial charge on any atom is -0.457 e. The zero-order valence-corrected chi connectivity index (χ0v) is 20.9. The molecule has 0 unspecified atom stereocenters. The van der Waals surface area contributed by atoms with Gasteiger partial charge in [-0.2, -0.15) is 0 Å². The average molecular weight is 512 g/mol. The number of carbonyl (C=O) groups excluding carboxylic acids is 3. The zero-order valence-electron chi connectivity index (χ0n) is 20.9. The smallest absolute Gasteiger partial charge is 0.188 e. The van der Waals surface area contributed by atoms with Crippen molar-refractivity contribution >= 4 is 28.3 Å². The minimum atomic E-state index is -0.928. The maximum absolute atomic E-state index is 13.2. The molecule has 1 heterocycles. The van der Waals surface area contributed by atoms with Crippen LogP contribution in [0.15, 0.2) is 79.0 Å². The van der Waals surface area contributed by atoms with Crippen LogP contribution in [-0.2, 0) is 27.2 Å². The molecule has 0 aliphatic heterocycles. The fourth-order valence-electron chi connectivity index (χ4n) is 4.55. The van der Waals surface area contributed by atoms with Gasteiger partial charge < -0.3 is 9.47 Å². The number of pyridine rings is 1. The van der Waals surface area contributed by atoms with Crippen molar-refractivity contribution in [3.05, 3.63) is 102 Å². The zero-order chi connectivity index (χ0) is 26.7. The van der Waals surface area contributed by atoms with Crippen molar-refractivity contribution in [2.45, 2.75) is 25.7 Å². The van der Waals surface area contributed by atoms with Crippen LogP contribution in [0.1, 0.15) is 34.3 Å². The van der Waals surface area contributed by atoms with Crippen molar-refractivity contribution in [1.29, 1.82) is 0 Å². The van der Waals surface area contributed by atoms with Crippen LogP contribution in [0, 0.1) is 11.2 Å². The number of Topliss-reactive ketones (excluding diaryl/α,β-unsaturated/α-hetero) is 3. The van der Waals surface area contributed by atoms with E-state index in [0.29, 0.717) is 41.0 Å². The van der Waals surface area contributed by atoms with E-state index in [4.69, 9.17) is 9.47 Å². The summed E-state index contributed by atoms with van der Waals surface area (Å²) in [6.07, 6.45) is 3.02. The molecule has 0 spiro atoms. The topological polar surface area (TPSA) is 82.6 Å². The lowest BCUT2D eigenvalue weighted by Crippen LogP contribution is -2.28. The van der Waals surface area contributed by atoms with E-state index in [1.807, 2.05) is 12.1 Å². The van der Waals surface area contributed by atoms with E-state index in [0.717, 1.165) is 10.9 Å². The van der Waals surface area contributed by atoms with Crippen molar-refractivity contribution in [2.75, 3.05) is 13.7 Å². The Bertz CT molecular complexity index is 1510. The summed E-state index contributed by atoms with van der Waals surface area (Å²) >= 11 is 0. The summed E-state index contributed by atoms with van der Waals surface area (Å²) in [6.45, 7) is 0.0000797. The SMILES string of the molecule is COCC(=O)c1ccc2c(Oc3ccc(CC(=O)C4(C(=O)Cc5ccc(F)cc5)CC4)cc3)ccnc2c1. The van der Waals surface area contributed by atoms with E-state index in [1.165, 1.54) is 19.2 Å². The highest BCUT2D eigenvalue weighted by atomic mass is 19.1. The first-order chi connectivity index (χ1) is 18.4. The summed E-state index contributed by atoms with van der Waals surface area (Å²) in [5.74, 6) is 0.502. The lowest BCUT2D eigenvalue weighted by Gasteiger charge is -2.14. The molecule has 1 saturated carbocycles. The average Bonchev–Trinajstić information content (AvgIpc) is 3.74. The molecule has 1 fully saturated rings. The van der Waals surface area contributed by atoms with E-state index >= 15 is 0 Å². The standard InChI is InChI=1S/C31H26FNO5/c1-37-19-27(34)22-6-11-25-26(18-22)33-15-12-28(25)38-24-9-4-21(5-10-24)17-30(36)31(13-14-31)29(35)16-20-2-7-23(32)8-3-20/h2-12,15,18H,13-14,16-17,19H2,1H3. The predicted octanol–water partition coefficient (Wildman–Crippen LogP) is 5.70. The number of rotatable bonds is 11. The summed E-state index contributed by atoms with van der Waals surface area (Å²) in [5.41, 5.74) is 1.72. The molecule has 0 amide bonds. The van der Waals surface area contributed by atoms with E-state index in [2.05, 4.69) is 4.98 Å². The third kappa shape index (κ3) is 5.38. The molecule has 5 rings (SSSR count). The van der Waals surface area contributed by atoms with Crippen LogP contribution in [0.25, 0.3) is 10.9 Å². The number of nitrogens with zero attached hydrogens (tertiary/aromatic N) is 1. The van der Waals surface area contributed by atoms with Crippen LogP contribution in [0.2, 0.25) is 0 Å². The van der Waals surface area contributed by atoms with Gasteiger partial charge in [0.1, 0.15) is 23.9 Å². The van der Waals surface area contributed by atoms with Crippen LogP contribution < -0.4 is 4.74 Å². The van der Waals surface area contributed by atoms with Gasteiger partial charge in [0.15, 0.2) is 17.3 Å². The molecule has 1 aliphatic rings. The van der Waals surface area contributed by atoms with Gasteiger partial charge in [0.05, 0.1) is 10.9 Å². The van der Waals surface area contributed by atoms with Gasteiger partial charge in [-0.1, -0.05) is 30.3 Å². The molecular formula is C31H26FNO5. The van der Waals surface area contributed by atoms with Crippen LogP contribution in [0.3, 0.4) is 0 Å². The number of fused-ring (bicyclic) bond motifs is 1. The van der Waals surface area contributed by atoms with E-state index in [9.17, 15) is 18.8 Å². The van der Waals surface area contributed by atoms with E-state index in [-0.39, 0.29) is 42.6 Å². The van der Waals surface area contributed by atoms with Crippen LogP contribution in [0.4, 0.5) is 4.39 Å². The Hall–Kier alpha value is -4.23. The highest BCUT2D eigenvalue weighted by molar-refractivity contribution is 6.11. The van der Waals surface area contributed by atoms with Crippen LogP contribution >= 0.6 is 0 Å². The molecule has 0 saturated heterocycles. The molecule has 1 aromatic heterocycles. The third-order valence-corrected chi connectivity index (χ3v) is 6.91. The Morgan fingerprint density at radius 2 is 1.50 bits per heavy atom. The van der Waals surface area contributed by atoms with Gasteiger partial charge in [-0.25, -0.2) is 4.39 Å². The molecule has 7 heteroatoms. The lowest BCUT2D eigenvalue weighted by atomic mass is 9.88. The highest BCUT2D eigenvalue weighted by Gasteiger charge is 2.54. The fraction of sp³-hybridized carbons (Fsp3) is 0.226. The second kappa shape index (κ2) is 10.6. The molecule has 0 bridgehead atoms. The van der Waals surface area contributed by atoms with Gasteiger partial charge >= 0.3 is 0 Å². The third-order valence-electron chi connectivity index (χ3n) is 6.91. The Labute approximate surface area is 219 Å². The number of aromatic nitrogens is 1. The van der Waals surface area contributed by atoms with Crippen molar-refractivity contribution in [3.63, 3.8) is 0 Å². The lowest BCUT2D eigenvalue weighted by molar-refractivity contribution is -0.133.